The van der Waals surface area contributed by atoms with Gasteiger partial charge in [0.25, 0.3) is 5.92 Å². The molecule has 8 nitrogen and oxygen atoms in total. The maximum Gasteiger partial charge on any atom is 0.251 e. The van der Waals surface area contributed by atoms with E-state index in [9.17, 15) is 8.78 Å². The first-order valence-corrected chi connectivity index (χ1v) is 13.3. The number of alkyl halides is 2. The second kappa shape index (κ2) is 10.9. The zero-order valence-corrected chi connectivity index (χ0v) is 21.2. The van der Waals surface area contributed by atoms with Crippen LogP contribution in [0.4, 0.5) is 20.5 Å². The van der Waals surface area contributed by atoms with E-state index in [0.717, 1.165) is 49.1 Å². The van der Waals surface area contributed by atoms with Crippen molar-refractivity contribution in [3.63, 3.8) is 0 Å². The minimum atomic E-state index is -2.63. The standard InChI is InChI=1S/C26H38F2N6O2/c1-35-22-16-20-21(17-23(22)36-15-5-11-32-9-2-3-10-32)30-25(33-13-7-26(27,28)8-14-33)31-24(20)34-12-4-6-19(29)18-34/h16-17,19H,2-15,18,29H2,1H3. The molecule has 4 heterocycles. The van der Waals surface area contributed by atoms with E-state index >= 15 is 0 Å². The topological polar surface area (TPSA) is 80.0 Å². The number of aromatic nitrogens is 2. The lowest BCUT2D eigenvalue weighted by Gasteiger charge is -2.35. The molecular formula is C26H38F2N6O2. The van der Waals surface area contributed by atoms with Crippen LogP contribution in [0.1, 0.15) is 44.9 Å². The summed E-state index contributed by atoms with van der Waals surface area (Å²) in [6.07, 6.45) is 5.08. The summed E-state index contributed by atoms with van der Waals surface area (Å²) in [7, 11) is 1.64. The number of methoxy groups -OCH3 is 1. The lowest BCUT2D eigenvalue weighted by molar-refractivity contribution is -0.0222. The van der Waals surface area contributed by atoms with Gasteiger partial charge in [-0.25, -0.2) is 13.8 Å². The quantitative estimate of drug-likeness (QED) is 0.546. The fraction of sp³-hybridized carbons (Fsp3) is 0.692. The molecule has 0 spiro atoms. The van der Waals surface area contributed by atoms with Gasteiger partial charge in [0, 0.05) is 63.1 Å². The summed E-state index contributed by atoms with van der Waals surface area (Å²) in [5, 5.41) is 0.858. The minimum absolute atomic E-state index is 0.0704. The van der Waals surface area contributed by atoms with Gasteiger partial charge in [-0.05, 0) is 51.3 Å². The van der Waals surface area contributed by atoms with E-state index in [2.05, 4.69) is 9.80 Å². The summed E-state index contributed by atoms with van der Waals surface area (Å²) in [5.41, 5.74) is 7.01. The molecule has 198 valence electrons. The number of halogens is 2. The normalized spacial score (nSPS) is 22.8. The third-order valence-electron chi connectivity index (χ3n) is 7.56. The monoisotopic (exact) mass is 504 g/mol. The van der Waals surface area contributed by atoms with E-state index in [4.69, 9.17) is 25.2 Å². The molecule has 0 saturated carbocycles. The molecule has 3 saturated heterocycles. The molecule has 3 aliphatic heterocycles. The second-order valence-corrected chi connectivity index (χ2v) is 10.3. The van der Waals surface area contributed by atoms with Gasteiger partial charge in [-0.1, -0.05) is 0 Å². The average molecular weight is 505 g/mol. The van der Waals surface area contributed by atoms with Crippen molar-refractivity contribution in [3.8, 4) is 11.5 Å². The zero-order chi connectivity index (χ0) is 25.1. The van der Waals surface area contributed by atoms with E-state index in [-0.39, 0.29) is 32.0 Å². The van der Waals surface area contributed by atoms with Crippen LogP contribution in [0.15, 0.2) is 12.1 Å². The summed E-state index contributed by atoms with van der Waals surface area (Å²) >= 11 is 0. The summed E-state index contributed by atoms with van der Waals surface area (Å²) in [6, 6.07) is 3.91. The fourth-order valence-corrected chi connectivity index (χ4v) is 5.48. The van der Waals surface area contributed by atoms with Gasteiger partial charge < -0.3 is 29.9 Å². The Morgan fingerprint density at radius 2 is 1.78 bits per heavy atom. The summed E-state index contributed by atoms with van der Waals surface area (Å²) in [4.78, 5) is 16.2. The third kappa shape index (κ3) is 5.75. The van der Waals surface area contributed by atoms with Crippen LogP contribution < -0.4 is 25.0 Å². The van der Waals surface area contributed by atoms with E-state index in [1.54, 1.807) is 7.11 Å². The highest BCUT2D eigenvalue weighted by Gasteiger charge is 2.35. The number of fused-ring (bicyclic) bond motifs is 1. The van der Waals surface area contributed by atoms with Crippen LogP contribution >= 0.6 is 0 Å². The number of piperidine rings is 2. The van der Waals surface area contributed by atoms with Gasteiger partial charge in [0.05, 0.1) is 19.2 Å². The van der Waals surface area contributed by atoms with Gasteiger partial charge >= 0.3 is 0 Å². The van der Waals surface area contributed by atoms with Crippen LogP contribution in [0.5, 0.6) is 11.5 Å². The Morgan fingerprint density at radius 3 is 2.50 bits per heavy atom. The molecule has 2 N–H and O–H groups in total. The number of benzene rings is 1. The molecule has 0 bridgehead atoms. The van der Waals surface area contributed by atoms with Crippen molar-refractivity contribution < 1.29 is 18.3 Å². The van der Waals surface area contributed by atoms with Gasteiger partial charge in [-0.3, -0.25) is 0 Å². The van der Waals surface area contributed by atoms with Crippen LogP contribution in [0.3, 0.4) is 0 Å². The number of rotatable bonds is 8. The van der Waals surface area contributed by atoms with Crippen molar-refractivity contribution in [3.05, 3.63) is 12.1 Å². The Labute approximate surface area is 211 Å². The Kier molecular flexibility index (Phi) is 7.62. The Morgan fingerprint density at radius 1 is 1.00 bits per heavy atom. The molecule has 0 radical (unpaired) electrons. The molecule has 36 heavy (non-hydrogen) atoms. The lowest BCUT2D eigenvalue weighted by atomic mass is 10.1. The van der Waals surface area contributed by atoms with Gasteiger partial charge in [-0.15, -0.1) is 0 Å². The van der Waals surface area contributed by atoms with Crippen molar-refractivity contribution in [2.75, 3.05) is 69.3 Å². The van der Waals surface area contributed by atoms with Crippen LogP contribution in [-0.4, -0.2) is 86.4 Å². The van der Waals surface area contributed by atoms with E-state index in [1.165, 1.54) is 25.9 Å². The highest BCUT2D eigenvalue weighted by atomic mass is 19.3. The predicted octanol–water partition coefficient (Wildman–Crippen LogP) is 3.67. The molecule has 10 heteroatoms. The number of nitrogens with two attached hydrogens (primary N) is 1. The fourth-order valence-electron chi connectivity index (χ4n) is 5.48. The molecular weight excluding hydrogens is 466 g/mol. The van der Waals surface area contributed by atoms with Gasteiger partial charge in [-0.2, -0.15) is 4.98 Å². The number of likely N-dealkylation sites (tertiary alicyclic amines) is 1. The lowest BCUT2D eigenvalue weighted by Crippen LogP contribution is -2.44. The van der Waals surface area contributed by atoms with E-state index in [0.29, 0.717) is 30.6 Å². The number of ether oxygens (including phenoxy) is 2. The van der Waals surface area contributed by atoms with Crippen molar-refractivity contribution in [1.82, 2.24) is 14.9 Å². The van der Waals surface area contributed by atoms with Crippen molar-refractivity contribution in [2.24, 2.45) is 5.73 Å². The first-order chi connectivity index (χ1) is 17.4. The zero-order valence-electron chi connectivity index (χ0n) is 21.2. The van der Waals surface area contributed by atoms with Crippen LogP contribution in [-0.2, 0) is 0 Å². The van der Waals surface area contributed by atoms with Crippen molar-refractivity contribution in [1.29, 1.82) is 0 Å². The minimum Gasteiger partial charge on any atom is -0.493 e. The van der Waals surface area contributed by atoms with E-state index in [1.807, 2.05) is 17.0 Å². The number of hydrogen-bond donors (Lipinski definition) is 1. The largest absolute Gasteiger partial charge is 0.493 e. The van der Waals surface area contributed by atoms with Gasteiger partial charge in [0.2, 0.25) is 5.95 Å². The van der Waals surface area contributed by atoms with Crippen LogP contribution in [0.25, 0.3) is 10.9 Å². The average Bonchev–Trinajstić information content (AvgIpc) is 3.39. The summed E-state index contributed by atoms with van der Waals surface area (Å²) in [5.74, 6) is -0.0828. The molecule has 1 aromatic heterocycles. The second-order valence-electron chi connectivity index (χ2n) is 10.3. The van der Waals surface area contributed by atoms with Gasteiger partial charge in [0.1, 0.15) is 5.82 Å². The highest BCUT2D eigenvalue weighted by molar-refractivity contribution is 5.93. The summed E-state index contributed by atoms with van der Waals surface area (Å²) < 4.78 is 39.5. The number of anilines is 2. The maximum atomic E-state index is 13.8. The third-order valence-corrected chi connectivity index (χ3v) is 7.56. The molecule has 2 aromatic rings. The molecule has 3 fully saturated rings. The van der Waals surface area contributed by atoms with Crippen LogP contribution in [0.2, 0.25) is 0 Å². The molecule has 0 amide bonds. The first kappa shape index (κ1) is 25.2. The molecule has 1 aromatic carbocycles. The smallest absolute Gasteiger partial charge is 0.251 e. The Balaban J connectivity index is 1.44. The van der Waals surface area contributed by atoms with Crippen molar-refractivity contribution in [2.45, 2.75) is 56.9 Å². The molecule has 3 aliphatic rings. The Hall–Kier alpha value is -2.46. The first-order valence-electron chi connectivity index (χ1n) is 13.3. The van der Waals surface area contributed by atoms with Crippen molar-refractivity contribution >= 4 is 22.7 Å². The number of hydrogen-bond acceptors (Lipinski definition) is 8. The SMILES string of the molecule is COc1cc2c(N3CCCC(N)C3)nc(N3CCC(F)(F)CC3)nc2cc1OCCCN1CCCC1. The molecule has 1 unspecified atom stereocenters. The molecule has 0 aliphatic carbocycles. The Bertz CT molecular complexity index is 1040. The van der Waals surface area contributed by atoms with Gasteiger partial charge in [0.15, 0.2) is 11.5 Å². The highest BCUT2D eigenvalue weighted by Crippen LogP contribution is 2.38. The molecule has 1 atom stereocenters. The van der Waals surface area contributed by atoms with Crippen LogP contribution in [0, 0.1) is 0 Å². The predicted molar refractivity (Wildman–Crippen MR) is 138 cm³/mol. The van der Waals surface area contributed by atoms with E-state index < -0.39 is 5.92 Å². The maximum absolute atomic E-state index is 13.8. The number of nitrogens with zero attached hydrogens (tertiary/aromatic N) is 5. The summed E-state index contributed by atoms with van der Waals surface area (Å²) in [6.45, 7) is 5.96. The molecule has 5 rings (SSSR count).